The third kappa shape index (κ3) is 4.30. The smallest absolute Gasteiger partial charge is 0.0427 e. The van der Waals surface area contributed by atoms with Crippen molar-refractivity contribution in [3.05, 3.63) is 24.3 Å². The van der Waals surface area contributed by atoms with Gasteiger partial charge in [-0.3, -0.25) is 11.3 Å². The summed E-state index contributed by atoms with van der Waals surface area (Å²) in [6, 6.07) is 0.238. The van der Waals surface area contributed by atoms with Crippen molar-refractivity contribution >= 4 is 0 Å². The zero-order valence-electron chi connectivity index (χ0n) is 6.72. The Morgan fingerprint density at radius 1 is 1.70 bits per heavy atom. The summed E-state index contributed by atoms with van der Waals surface area (Å²) >= 11 is 0. The first-order valence-corrected chi connectivity index (χ1v) is 3.42. The molecule has 0 aliphatic carbocycles. The van der Waals surface area contributed by atoms with E-state index in [2.05, 4.69) is 18.1 Å². The Kier molecular flexibility index (Phi) is 4.89. The van der Waals surface area contributed by atoms with E-state index in [0.717, 1.165) is 6.42 Å². The fraction of sp³-hybridized carbons (Fsp3) is 0.500. The summed E-state index contributed by atoms with van der Waals surface area (Å²) in [5, 5.41) is 0. The largest absolute Gasteiger partial charge is 0.271 e. The van der Waals surface area contributed by atoms with Crippen LogP contribution in [0, 0.1) is 0 Å². The molecule has 58 valence electrons. The van der Waals surface area contributed by atoms with Gasteiger partial charge >= 0.3 is 0 Å². The van der Waals surface area contributed by atoms with Gasteiger partial charge in [0.05, 0.1) is 0 Å². The van der Waals surface area contributed by atoms with Gasteiger partial charge in [-0.05, 0) is 20.3 Å². The van der Waals surface area contributed by atoms with Gasteiger partial charge in [-0.1, -0.05) is 17.7 Å². The minimum atomic E-state index is 0.238. The van der Waals surface area contributed by atoms with Gasteiger partial charge in [0.25, 0.3) is 0 Å². The van der Waals surface area contributed by atoms with Gasteiger partial charge in [0.15, 0.2) is 0 Å². The Labute approximate surface area is 62.8 Å². The van der Waals surface area contributed by atoms with Crippen LogP contribution in [0.3, 0.4) is 0 Å². The van der Waals surface area contributed by atoms with Gasteiger partial charge in [0, 0.05) is 6.04 Å². The summed E-state index contributed by atoms with van der Waals surface area (Å²) in [4.78, 5) is 0. The number of hydrogen-bond donors (Lipinski definition) is 2. The summed E-state index contributed by atoms with van der Waals surface area (Å²) in [5.41, 5.74) is 3.96. The van der Waals surface area contributed by atoms with Gasteiger partial charge in [0.1, 0.15) is 0 Å². The first-order chi connectivity index (χ1) is 4.70. The molecular weight excluding hydrogens is 124 g/mol. The summed E-state index contributed by atoms with van der Waals surface area (Å²) < 4.78 is 0. The summed E-state index contributed by atoms with van der Waals surface area (Å²) in [7, 11) is 0. The molecule has 0 aromatic rings. The zero-order valence-corrected chi connectivity index (χ0v) is 6.72. The molecule has 2 nitrogen and oxygen atoms in total. The van der Waals surface area contributed by atoms with Crippen LogP contribution in [0.15, 0.2) is 24.3 Å². The number of hydrazine groups is 1. The normalized spacial score (nSPS) is 12.3. The molecule has 0 saturated heterocycles. The topological polar surface area (TPSA) is 38.0 Å². The van der Waals surface area contributed by atoms with Crippen LogP contribution in [-0.4, -0.2) is 6.04 Å². The first kappa shape index (κ1) is 9.40. The maximum absolute atomic E-state index is 5.26. The predicted molar refractivity (Wildman–Crippen MR) is 45.4 cm³/mol. The van der Waals surface area contributed by atoms with E-state index in [4.69, 9.17) is 5.84 Å². The van der Waals surface area contributed by atoms with Crippen molar-refractivity contribution in [3.63, 3.8) is 0 Å². The summed E-state index contributed by atoms with van der Waals surface area (Å²) in [5.74, 6) is 5.26. The van der Waals surface area contributed by atoms with Crippen LogP contribution < -0.4 is 11.3 Å². The van der Waals surface area contributed by atoms with Crippen molar-refractivity contribution in [3.8, 4) is 0 Å². The Morgan fingerprint density at radius 3 is 2.60 bits per heavy atom. The van der Waals surface area contributed by atoms with Crippen LogP contribution in [0.25, 0.3) is 0 Å². The molecule has 0 aliphatic rings. The lowest BCUT2D eigenvalue weighted by molar-refractivity contribution is 0.624. The summed E-state index contributed by atoms with van der Waals surface area (Å²) in [6.07, 6.45) is 4.81. The van der Waals surface area contributed by atoms with Gasteiger partial charge in [-0.2, -0.15) is 0 Å². The first-order valence-electron chi connectivity index (χ1n) is 3.42. The molecule has 0 heterocycles. The van der Waals surface area contributed by atoms with Crippen LogP contribution in [0.4, 0.5) is 0 Å². The minimum absolute atomic E-state index is 0.238. The molecule has 0 aromatic heterocycles. The maximum atomic E-state index is 5.26. The molecule has 0 radical (unpaired) electrons. The third-order valence-corrected chi connectivity index (χ3v) is 1.17. The predicted octanol–water partition coefficient (Wildman–Crippen LogP) is 1.36. The van der Waals surface area contributed by atoms with Crippen molar-refractivity contribution in [1.82, 2.24) is 5.43 Å². The molecule has 0 bridgehead atoms. The number of hydrogen-bond acceptors (Lipinski definition) is 2. The molecule has 0 fully saturated rings. The van der Waals surface area contributed by atoms with Crippen LogP contribution in [-0.2, 0) is 0 Å². The fourth-order valence-electron chi connectivity index (χ4n) is 0.766. The average molecular weight is 140 g/mol. The molecule has 1 unspecified atom stereocenters. The molecule has 0 amide bonds. The van der Waals surface area contributed by atoms with Crippen LogP contribution in [0.2, 0.25) is 0 Å². The highest BCUT2D eigenvalue weighted by Gasteiger charge is 1.96. The zero-order chi connectivity index (χ0) is 7.98. The average Bonchev–Trinajstić information content (AvgIpc) is 1.86. The van der Waals surface area contributed by atoms with E-state index in [1.165, 1.54) is 5.57 Å². The highest BCUT2D eigenvalue weighted by molar-refractivity contribution is 5.02. The highest BCUT2D eigenvalue weighted by atomic mass is 15.2. The fourth-order valence-corrected chi connectivity index (χ4v) is 0.766. The van der Waals surface area contributed by atoms with Crippen LogP contribution in [0.1, 0.15) is 20.3 Å². The molecule has 0 aromatic carbocycles. The standard InChI is InChI=1S/C8H16N2/c1-4-5-8(10-9)6-7(2)3/h4,6,8,10H,1,5,9H2,2-3H3. The summed E-state index contributed by atoms with van der Waals surface area (Å²) in [6.45, 7) is 7.73. The number of rotatable bonds is 4. The van der Waals surface area contributed by atoms with Gasteiger partial charge in [0.2, 0.25) is 0 Å². The van der Waals surface area contributed by atoms with E-state index in [0.29, 0.717) is 0 Å². The van der Waals surface area contributed by atoms with Crippen molar-refractivity contribution < 1.29 is 0 Å². The van der Waals surface area contributed by atoms with Crippen LogP contribution in [0.5, 0.6) is 0 Å². The monoisotopic (exact) mass is 140 g/mol. The van der Waals surface area contributed by atoms with E-state index >= 15 is 0 Å². The molecule has 0 aliphatic heterocycles. The number of nitrogens with two attached hydrogens (primary N) is 1. The quantitative estimate of drug-likeness (QED) is 0.351. The second-order valence-electron chi connectivity index (χ2n) is 2.54. The molecular formula is C8H16N2. The lowest BCUT2D eigenvalue weighted by atomic mass is 10.1. The molecule has 3 N–H and O–H groups in total. The van der Waals surface area contributed by atoms with E-state index in [1.807, 2.05) is 19.9 Å². The Hall–Kier alpha value is -0.600. The Balaban J connectivity index is 3.82. The molecule has 0 saturated carbocycles. The second kappa shape index (κ2) is 5.21. The molecule has 1 atom stereocenters. The van der Waals surface area contributed by atoms with E-state index < -0.39 is 0 Å². The second-order valence-corrected chi connectivity index (χ2v) is 2.54. The minimum Gasteiger partial charge on any atom is -0.271 e. The molecule has 0 rings (SSSR count). The van der Waals surface area contributed by atoms with Crippen molar-refractivity contribution in [1.29, 1.82) is 0 Å². The van der Waals surface area contributed by atoms with E-state index in [1.54, 1.807) is 0 Å². The lowest BCUT2D eigenvalue weighted by Gasteiger charge is -2.08. The van der Waals surface area contributed by atoms with Gasteiger partial charge in [-0.25, -0.2) is 0 Å². The van der Waals surface area contributed by atoms with Gasteiger partial charge in [-0.15, -0.1) is 6.58 Å². The molecule has 2 heteroatoms. The SMILES string of the molecule is C=CCC(C=C(C)C)NN. The Bertz CT molecular complexity index is 123. The van der Waals surface area contributed by atoms with E-state index in [-0.39, 0.29) is 6.04 Å². The number of allylic oxidation sites excluding steroid dienone is 1. The van der Waals surface area contributed by atoms with Gasteiger partial charge < -0.3 is 0 Å². The maximum Gasteiger partial charge on any atom is 0.0427 e. The number of nitrogens with one attached hydrogen (secondary N) is 1. The molecule has 0 spiro atoms. The van der Waals surface area contributed by atoms with Crippen molar-refractivity contribution in [2.75, 3.05) is 0 Å². The van der Waals surface area contributed by atoms with Crippen molar-refractivity contribution in [2.45, 2.75) is 26.3 Å². The lowest BCUT2D eigenvalue weighted by Crippen LogP contribution is -2.33. The third-order valence-electron chi connectivity index (χ3n) is 1.17. The molecule has 10 heavy (non-hydrogen) atoms. The van der Waals surface area contributed by atoms with Crippen LogP contribution >= 0.6 is 0 Å². The highest BCUT2D eigenvalue weighted by Crippen LogP contribution is 1.97. The van der Waals surface area contributed by atoms with Crippen molar-refractivity contribution in [2.24, 2.45) is 5.84 Å². The Morgan fingerprint density at radius 2 is 2.30 bits per heavy atom. The van der Waals surface area contributed by atoms with E-state index in [9.17, 15) is 0 Å².